The van der Waals surface area contributed by atoms with E-state index in [1.165, 1.54) is 43.6 Å². The molecule has 1 aliphatic heterocycles. The maximum Gasteiger partial charge on any atom is 0.0414 e. The predicted molar refractivity (Wildman–Crippen MR) is 88.4 cm³/mol. The van der Waals surface area contributed by atoms with Crippen LogP contribution in [0, 0.1) is 5.41 Å². The van der Waals surface area contributed by atoms with Gasteiger partial charge in [-0.25, -0.2) is 0 Å². The highest BCUT2D eigenvalue weighted by molar-refractivity contribution is 5.55. The van der Waals surface area contributed by atoms with E-state index in [1.807, 2.05) is 0 Å². The average Bonchev–Trinajstić information content (AvgIpc) is 2.50. The number of nitrogens with zero attached hydrogens (tertiary/aromatic N) is 1. The van der Waals surface area contributed by atoms with Crippen molar-refractivity contribution in [2.24, 2.45) is 5.41 Å². The Labute approximate surface area is 124 Å². The molecule has 0 aromatic heterocycles. The zero-order valence-corrected chi connectivity index (χ0v) is 13.6. The molecule has 20 heavy (non-hydrogen) atoms. The van der Waals surface area contributed by atoms with Gasteiger partial charge in [0.25, 0.3) is 0 Å². The number of benzene rings is 1. The molecule has 0 aliphatic carbocycles. The van der Waals surface area contributed by atoms with Gasteiger partial charge >= 0.3 is 0 Å². The standard InChI is InChI=1S/C18H30N2/c1-5-16(19-4)15-9-7-8-10-17(15)20-13-11-18(3,6-2)12-14-20/h7-10,16,19H,5-6,11-14H2,1-4H3. The Morgan fingerprint density at radius 3 is 2.40 bits per heavy atom. The molecule has 0 amide bonds. The van der Waals surface area contributed by atoms with Gasteiger partial charge in [0.15, 0.2) is 0 Å². The fraction of sp³-hybridized carbons (Fsp3) is 0.667. The van der Waals surface area contributed by atoms with Crippen LogP contribution in [0.1, 0.15) is 58.1 Å². The molecule has 1 aliphatic rings. The molecule has 1 unspecified atom stereocenters. The molecule has 1 saturated heterocycles. The Bertz CT molecular complexity index is 415. The van der Waals surface area contributed by atoms with Crippen LogP contribution >= 0.6 is 0 Å². The fourth-order valence-electron chi connectivity index (χ4n) is 3.29. The van der Waals surface area contributed by atoms with E-state index in [0.717, 1.165) is 6.42 Å². The van der Waals surface area contributed by atoms with E-state index in [0.29, 0.717) is 11.5 Å². The summed E-state index contributed by atoms with van der Waals surface area (Å²) in [6, 6.07) is 9.39. The summed E-state index contributed by atoms with van der Waals surface area (Å²) in [6.45, 7) is 9.42. The number of nitrogens with one attached hydrogen (secondary N) is 1. The molecule has 2 rings (SSSR count). The molecule has 1 aromatic carbocycles. The molecule has 1 fully saturated rings. The number of hydrogen-bond acceptors (Lipinski definition) is 2. The largest absolute Gasteiger partial charge is 0.371 e. The lowest BCUT2D eigenvalue weighted by atomic mass is 9.78. The van der Waals surface area contributed by atoms with E-state index >= 15 is 0 Å². The molecule has 0 spiro atoms. The van der Waals surface area contributed by atoms with Crippen LogP contribution in [0.3, 0.4) is 0 Å². The highest BCUT2D eigenvalue weighted by Crippen LogP contribution is 2.37. The SMILES string of the molecule is CCC(NC)c1ccccc1N1CCC(C)(CC)CC1. The minimum Gasteiger partial charge on any atom is -0.371 e. The number of anilines is 1. The highest BCUT2D eigenvalue weighted by atomic mass is 15.1. The lowest BCUT2D eigenvalue weighted by Crippen LogP contribution is -2.39. The Morgan fingerprint density at radius 1 is 1.20 bits per heavy atom. The zero-order chi connectivity index (χ0) is 14.6. The van der Waals surface area contributed by atoms with Crippen molar-refractivity contribution in [1.82, 2.24) is 5.32 Å². The Balaban J connectivity index is 2.18. The molecule has 2 heteroatoms. The van der Waals surface area contributed by atoms with Crippen molar-refractivity contribution >= 4 is 5.69 Å². The average molecular weight is 274 g/mol. The second-order valence-corrected chi connectivity index (χ2v) is 6.46. The van der Waals surface area contributed by atoms with Crippen molar-refractivity contribution in [3.63, 3.8) is 0 Å². The number of piperidine rings is 1. The third-order valence-corrected chi connectivity index (χ3v) is 5.23. The second-order valence-electron chi connectivity index (χ2n) is 6.46. The van der Waals surface area contributed by atoms with E-state index in [2.05, 4.69) is 62.3 Å². The molecule has 2 nitrogen and oxygen atoms in total. The summed E-state index contributed by atoms with van der Waals surface area (Å²) in [5.41, 5.74) is 3.45. The maximum atomic E-state index is 3.45. The van der Waals surface area contributed by atoms with Crippen LogP contribution in [0.5, 0.6) is 0 Å². The molecule has 1 heterocycles. The van der Waals surface area contributed by atoms with E-state index in [4.69, 9.17) is 0 Å². The van der Waals surface area contributed by atoms with Gasteiger partial charge in [0.1, 0.15) is 0 Å². The first-order valence-electron chi connectivity index (χ1n) is 8.14. The highest BCUT2D eigenvalue weighted by Gasteiger charge is 2.29. The van der Waals surface area contributed by atoms with E-state index in [9.17, 15) is 0 Å². The van der Waals surface area contributed by atoms with Crippen LogP contribution in [0.15, 0.2) is 24.3 Å². The fourth-order valence-corrected chi connectivity index (χ4v) is 3.29. The first kappa shape index (κ1) is 15.4. The smallest absolute Gasteiger partial charge is 0.0414 e. The van der Waals surface area contributed by atoms with Crippen LogP contribution in [0.2, 0.25) is 0 Å². The Hall–Kier alpha value is -1.02. The Morgan fingerprint density at radius 2 is 1.85 bits per heavy atom. The summed E-state index contributed by atoms with van der Waals surface area (Å²) < 4.78 is 0. The normalized spacial score (nSPS) is 19.9. The van der Waals surface area contributed by atoms with Crippen molar-refractivity contribution in [2.45, 2.75) is 52.5 Å². The number of hydrogen-bond donors (Lipinski definition) is 1. The van der Waals surface area contributed by atoms with E-state index in [1.54, 1.807) is 0 Å². The van der Waals surface area contributed by atoms with Crippen LogP contribution in [-0.4, -0.2) is 20.1 Å². The predicted octanol–water partition coefficient (Wildman–Crippen LogP) is 4.37. The van der Waals surface area contributed by atoms with Crippen LogP contribution in [0.4, 0.5) is 5.69 Å². The molecule has 0 radical (unpaired) electrons. The van der Waals surface area contributed by atoms with Gasteiger partial charge in [-0.1, -0.05) is 45.4 Å². The molecule has 112 valence electrons. The van der Waals surface area contributed by atoms with Crippen molar-refractivity contribution in [1.29, 1.82) is 0 Å². The van der Waals surface area contributed by atoms with Gasteiger partial charge in [-0.05, 0) is 43.4 Å². The quantitative estimate of drug-likeness (QED) is 0.857. The van der Waals surface area contributed by atoms with Crippen LogP contribution in [-0.2, 0) is 0 Å². The van der Waals surface area contributed by atoms with Crippen molar-refractivity contribution in [2.75, 3.05) is 25.0 Å². The molecule has 1 atom stereocenters. The summed E-state index contributed by atoms with van der Waals surface area (Å²) in [7, 11) is 2.06. The summed E-state index contributed by atoms with van der Waals surface area (Å²) >= 11 is 0. The summed E-state index contributed by atoms with van der Waals surface area (Å²) in [6.07, 6.45) is 5.06. The number of rotatable bonds is 5. The third kappa shape index (κ3) is 3.17. The van der Waals surface area contributed by atoms with Gasteiger partial charge in [-0.2, -0.15) is 0 Å². The maximum absolute atomic E-state index is 3.45. The van der Waals surface area contributed by atoms with Gasteiger partial charge < -0.3 is 10.2 Å². The molecule has 0 saturated carbocycles. The topological polar surface area (TPSA) is 15.3 Å². The Kier molecular flexibility index (Phi) is 5.09. The monoisotopic (exact) mass is 274 g/mol. The van der Waals surface area contributed by atoms with Gasteiger partial charge in [0, 0.05) is 24.8 Å². The van der Waals surface area contributed by atoms with Crippen molar-refractivity contribution < 1.29 is 0 Å². The van der Waals surface area contributed by atoms with Gasteiger partial charge in [-0.3, -0.25) is 0 Å². The molecule has 1 N–H and O–H groups in total. The third-order valence-electron chi connectivity index (χ3n) is 5.23. The van der Waals surface area contributed by atoms with Crippen LogP contribution < -0.4 is 10.2 Å². The minimum atomic E-state index is 0.464. The van der Waals surface area contributed by atoms with E-state index < -0.39 is 0 Å². The van der Waals surface area contributed by atoms with Gasteiger partial charge in [0.2, 0.25) is 0 Å². The van der Waals surface area contributed by atoms with E-state index in [-0.39, 0.29) is 0 Å². The van der Waals surface area contributed by atoms with Crippen LogP contribution in [0.25, 0.3) is 0 Å². The van der Waals surface area contributed by atoms with Gasteiger partial charge in [-0.15, -0.1) is 0 Å². The molecular weight excluding hydrogens is 244 g/mol. The van der Waals surface area contributed by atoms with Crippen molar-refractivity contribution in [3.8, 4) is 0 Å². The molecule has 0 bridgehead atoms. The lowest BCUT2D eigenvalue weighted by Gasteiger charge is -2.41. The second kappa shape index (κ2) is 6.62. The first-order valence-corrected chi connectivity index (χ1v) is 8.14. The molecular formula is C18H30N2. The zero-order valence-electron chi connectivity index (χ0n) is 13.6. The minimum absolute atomic E-state index is 0.464. The lowest BCUT2D eigenvalue weighted by molar-refractivity contribution is 0.238. The first-order chi connectivity index (χ1) is 9.63. The number of para-hydroxylation sites is 1. The van der Waals surface area contributed by atoms with Gasteiger partial charge in [0.05, 0.1) is 0 Å². The van der Waals surface area contributed by atoms with Crippen molar-refractivity contribution in [3.05, 3.63) is 29.8 Å². The summed E-state index contributed by atoms with van der Waals surface area (Å²) in [5.74, 6) is 0. The summed E-state index contributed by atoms with van der Waals surface area (Å²) in [5, 5.41) is 3.45. The molecule has 1 aromatic rings. The summed E-state index contributed by atoms with van der Waals surface area (Å²) in [4.78, 5) is 2.59.